The topological polar surface area (TPSA) is 550 Å². The fourth-order valence-corrected chi connectivity index (χ4v) is 17.3. The third-order valence-corrected chi connectivity index (χ3v) is 25.0. The summed E-state index contributed by atoms with van der Waals surface area (Å²) in [5.74, 6) is -25.5. The molecule has 0 saturated carbocycles. The number of fused-ring (bicyclic) bond motifs is 3. The summed E-state index contributed by atoms with van der Waals surface area (Å²) in [6, 6.07) is 12.8. The van der Waals surface area contributed by atoms with Gasteiger partial charge >= 0.3 is 5.97 Å². The van der Waals surface area contributed by atoms with Crippen LogP contribution in [-0.2, 0) is 120 Å². The highest BCUT2D eigenvalue weighted by atomic mass is 32.2. The van der Waals surface area contributed by atoms with Crippen LogP contribution in [0, 0.1) is 23.4 Å². The van der Waals surface area contributed by atoms with Crippen LogP contribution in [0.15, 0.2) is 152 Å². The number of para-hydroxylation sites is 1. The second-order valence-electron chi connectivity index (χ2n) is 34.3. The molecule has 38 nitrogen and oxygen atoms in total. The van der Waals surface area contributed by atoms with E-state index in [0.29, 0.717) is 63.5 Å². The summed E-state index contributed by atoms with van der Waals surface area (Å²) in [5.41, 5.74) is 7.57. The molecule has 3 saturated heterocycles. The van der Waals surface area contributed by atoms with Crippen LogP contribution < -0.4 is 53.6 Å². The highest BCUT2D eigenvalue weighted by Crippen LogP contribution is 2.29. The van der Waals surface area contributed by atoms with Crippen LogP contribution in [0.25, 0.3) is 10.9 Å². The molecule has 3 fully saturated rings. The molecular weight excluding hydrogens is 1810 g/mol. The van der Waals surface area contributed by atoms with Crippen molar-refractivity contribution in [2.75, 3.05) is 72.1 Å². The van der Waals surface area contributed by atoms with Crippen molar-refractivity contribution in [3.8, 4) is 11.5 Å². The normalized spacial score (nSPS) is 23.8. The van der Waals surface area contributed by atoms with Gasteiger partial charge in [-0.25, -0.2) is 13.2 Å². The number of hydrogen-bond acceptors (Lipinski definition) is 22. The van der Waals surface area contributed by atoms with Crippen molar-refractivity contribution in [3.05, 3.63) is 203 Å². The Morgan fingerprint density at radius 2 is 1.04 bits per heavy atom. The maximum atomic E-state index is 15.8. The van der Waals surface area contributed by atoms with Gasteiger partial charge in [-0.1, -0.05) is 137 Å². The van der Waals surface area contributed by atoms with E-state index in [9.17, 15) is 63.5 Å². The molecule has 7 aromatic rings. The van der Waals surface area contributed by atoms with Crippen LogP contribution in [0.3, 0.4) is 0 Å². The van der Waals surface area contributed by atoms with E-state index in [-0.39, 0.29) is 68.7 Å². The number of primary amides is 1. The zero-order valence-corrected chi connectivity index (χ0v) is 77.1. The first kappa shape index (κ1) is 105. The fourth-order valence-electron chi connectivity index (χ4n) is 16.5. The van der Waals surface area contributed by atoms with Crippen LogP contribution in [0.5, 0.6) is 11.5 Å². The standard InChI is InChI=1S/C95H115F3N16O22S/c1-7-8-23-73-94(134)114-48-61(118)44-75(114)89(129)106-69(45-80(121)122)87(127)109-82(52(2)3)95(135)111(5)74(41-53-17-11-9-12-18-53)88(128)107-71(39-56-26-30-60(117)31-27-56)92(132)113-33-35-136-49-77(113)90(130)105-68(43-58-46-100-65-22-16-15-21-62(58)65)86(126)104-67(38-55-24-28-59(116)29-25-55)85(125)103-66(32-34-115)84(124)108-72(83(123)101-47-78(99)119)50-137-51-79(120)102-70(40-57-36-63(96)81(98)64(97)37-57)91(131)112(6)76(93(133)110(73)4)42-54-19-13-10-14-20-54/h9-22,24-31,36-37,46,52,61,66-77,82,100,115-118H,7-8,23,32-35,38-45,47-51H2,1-6H3,(H2,99,119)(H,101,123)(H,102,120)(H,103,125)(H,104,126)(H,105,130)(H,106,129)(H,107,128)(H,108,124)(H,109,127)(H,121,122)/t61-,66+,67+,68-,69+,70+,71+,72+,73+,74+,75-,76+,77-,82+/m1/s1. The lowest BCUT2D eigenvalue weighted by Crippen LogP contribution is -2.64. The number of aromatic hydroxyl groups is 2. The predicted octanol–water partition coefficient (Wildman–Crippen LogP) is 0.353. The number of H-pyrrole nitrogens is 1. The summed E-state index contributed by atoms with van der Waals surface area (Å²) in [6.07, 6.45) is -4.27. The Morgan fingerprint density at radius 3 is 1.64 bits per heavy atom. The number of likely N-dealkylation sites (N-methyl/N-ethyl adjacent to an activating group) is 3. The number of carboxylic acids is 1. The number of halogens is 3. The number of ether oxygens (including phenoxy) is 1. The Morgan fingerprint density at radius 1 is 0.533 bits per heavy atom. The zero-order valence-electron chi connectivity index (χ0n) is 76.3. The number of phenolic OH excluding ortho intramolecular Hbond substituents is 2. The molecule has 6 aromatic carbocycles. The molecule has 17 N–H and O–H groups in total. The molecule has 0 radical (unpaired) electrons. The Hall–Kier alpha value is -14.0. The van der Waals surface area contributed by atoms with Gasteiger partial charge in [0.15, 0.2) is 17.5 Å². The number of rotatable bonds is 23. The van der Waals surface area contributed by atoms with Gasteiger partial charge in [0.1, 0.15) is 90.0 Å². The quantitative estimate of drug-likeness (QED) is 0.0384. The summed E-state index contributed by atoms with van der Waals surface area (Å²) >= 11 is 0.606. The van der Waals surface area contributed by atoms with Gasteiger partial charge in [0.2, 0.25) is 88.6 Å². The van der Waals surface area contributed by atoms with Gasteiger partial charge in [0.25, 0.3) is 0 Å². The lowest BCUT2D eigenvalue weighted by atomic mass is 9.98. The number of aliphatic hydroxyl groups excluding tert-OH is 2. The lowest BCUT2D eigenvalue weighted by molar-refractivity contribution is -0.152. The zero-order chi connectivity index (χ0) is 99.6. The number of unbranched alkanes of at least 4 members (excludes halogenated alkanes) is 1. The predicted molar refractivity (Wildman–Crippen MR) is 491 cm³/mol. The van der Waals surface area contributed by atoms with Crippen LogP contribution in [0.2, 0.25) is 0 Å². The smallest absolute Gasteiger partial charge is 0.305 e. The number of benzene rings is 6. The Bertz CT molecular complexity index is 5470. The van der Waals surface area contributed by atoms with Crippen molar-refractivity contribution in [1.82, 2.24) is 77.3 Å². The molecule has 0 spiro atoms. The summed E-state index contributed by atoms with van der Waals surface area (Å²) in [6.45, 7) is 1.53. The molecule has 0 aliphatic carbocycles. The van der Waals surface area contributed by atoms with Gasteiger partial charge in [-0.15, -0.1) is 11.8 Å². The number of carbonyl (C=O) groups excluding carboxylic acids is 15. The van der Waals surface area contributed by atoms with Gasteiger partial charge in [0.05, 0.1) is 38.0 Å². The average molecular weight is 1920 g/mol. The number of phenols is 2. The number of amides is 15. The van der Waals surface area contributed by atoms with Crippen molar-refractivity contribution < 1.29 is 120 Å². The number of thioether (sulfide) groups is 1. The number of carboxylic acid groups (broad SMARTS) is 1. The first-order chi connectivity index (χ1) is 65.3. The van der Waals surface area contributed by atoms with E-state index >= 15 is 51.9 Å². The third kappa shape index (κ3) is 28.8. The minimum absolute atomic E-state index is 0.146. The molecular formula is C95H115F3N16O22S. The molecule has 0 unspecified atom stereocenters. The highest BCUT2D eigenvalue weighted by Gasteiger charge is 2.48. The second kappa shape index (κ2) is 49.5. The molecule has 0 bridgehead atoms. The van der Waals surface area contributed by atoms with E-state index in [1.165, 1.54) is 76.5 Å². The molecule has 14 atom stereocenters. The Labute approximate surface area is 791 Å². The summed E-state index contributed by atoms with van der Waals surface area (Å²) in [4.78, 5) is 247. The fraction of sp³-hybridized carbons (Fsp3) is 0.432. The Balaban J connectivity index is 1.06. The van der Waals surface area contributed by atoms with Crippen molar-refractivity contribution in [3.63, 3.8) is 0 Å². The maximum Gasteiger partial charge on any atom is 0.305 e. The van der Waals surface area contributed by atoms with Crippen molar-refractivity contribution in [1.29, 1.82) is 0 Å². The minimum Gasteiger partial charge on any atom is -0.508 e. The number of aliphatic carboxylic acids is 1. The van der Waals surface area contributed by atoms with E-state index in [1.54, 1.807) is 98.0 Å². The van der Waals surface area contributed by atoms with E-state index in [1.807, 2.05) is 0 Å². The molecule has 15 amide bonds. The first-order valence-corrected chi connectivity index (χ1v) is 45.8. The molecule has 4 heterocycles. The van der Waals surface area contributed by atoms with E-state index in [4.69, 9.17) is 10.5 Å². The van der Waals surface area contributed by atoms with Crippen molar-refractivity contribution >= 4 is 117 Å². The van der Waals surface area contributed by atoms with Crippen LogP contribution in [-0.4, -0.2) is 306 Å². The second-order valence-corrected chi connectivity index (χ2v) is 35.4. The van der Waals surface area contributed by atoms with Crippen LogP contribution in [0.4, 0.5) is 13.2 Å². The van der Waals surface area contributed by atoms with Crippen LogP contribution >= 0.6 is 11.8 Å². The lowest BCUT2D eigenvalue weighted by Gasteiger charge is -2.38. The summed E-state index contributed by atoms with van der Waals surface area (Å²) in [5, 5.41) is 76.8. The SMILES string of the molecule is CCCC[C@H]1C(=O)N2C[C@H](O)C[C@@H]2C(=O)N[C@@H](CC(=O)O)C(=O)N[C@@H](C(C)C)C(=O)N(C)[C@@H](Cc2ccccc2)C(=O)N[C@@H](Cc2ccc(O)cc2)C(=O)N2CCOC[C@@H]2C(=O)N[C@H](Cc2c[nH]c3ccccc23)C(=O)N[C@@H](Cc2ccc(O)cc2)C(=O)N[C@@H](CCO)C(=O)N[C@H](C(=O)NCC(N)=O)CSCC(=O)N[C@@H](Cc2cc(F)c(F)c(F)c2)C(=O)N(C)[C@@H](Cc2ccccc2)C(=O)N1C. The van der Waals surface area contributed by atoms with E-state index in [0.717, 1.165) is 31.5 Å². The minimum atomic E-state index is -2.05. The number of morpholine rings is 1. The van der Waals surface area contributed by atoms with Gasteiger partial charge < -0.3 is 113 Å². The molecule has 734 valence electrons. The van der Waals surface area contributed by atoms with Gasteiger partial charge in [-0.2, -0.15) is 0 Å². The highest BCUT2D eigenvalue weighted by molar-refractivity contribution is 8.00. The van der Waals surface area contributed by atoms with Gasteiger partial charge in [-0.05, 0) is 94.6 Å². The van der Waals surface area contributed by atoms with E-state index in [2.05, 4.69) is 52.8 Å². The summed E-state index contributed by atoms with van der Waals surface area (Å²) < 4.78 is 51.0. The number of hydrogen-bond donors (Lipinski definition) is 16. The number of aromatic nitrogens is 1. The molecule has 3 aliphatic heterocycles. The number of aliphatic hydroxyl groups is 2. The number of nitrogens with one attached hydrogen (secondary N) is 10. The number of carbonyl (C=O) groups is 16. The molecule has 42 heteroatoms. The van der Waals surface area contributed by atoms with E-state index < -0.39 is 278 Å². The summed E-state index contributed by atoms with van der Waals surface area (Å²) in [7, 11) is 3.61. The van der Waals surface area contributed by atoms with Crippen molar-refractivity contribution in [2.24, 2.45) is 11.7 Å². The molecule has 1 aromatic heterocycles. The average Bonchev–Trinajstić information content (AvgIpc) is 1.69. The third-order valence-electron chi connectivity index (χ3n) is 24.0. The van der Waals surface area contributed by atoms with Gasteiger partial charge in [0, 0.05) is 109 Å². The van der Waals surface area contributed by atoms with Crippen molar-refractivity contribution in [2.45, 2.75) is 182 Å². The van der Waals surface area contributed by atoms with Crippen LogP contribution in [0.1, 0.15) is 92.7 Å². The molecule has 10 rings (SSSR count). The molecule has 137 heavy (non-hydrogen) atoms. The Kier molecular flexibility index (Phi) is 37.9. The number of aromatic amines is 1. The number of nitrogens with zero attached hydrogens (tertiary/aromatic N) is 5. The monoisotopic (exact) mass is 1920 g/mol. The van der Waals surface area contributed by atoms with Gasteiger partial charge in [-0.3, -0.25) is 76.7 Å². The number of nitrogens with two attached hydrogens (primary N) is 1. The largest absolute Gasteiger partial charge is 0.508 e. The maximum absolute atomic E-state index is 15.8. The first-order valence-electron chi connectivity index (χ1n) is 44.7. The molecule has 3 aliphatic rings.